The van der Waals surface area contributed by atoms with Crippen LogP contribution in [0.2, 0.25) is 0 Å². The molecule has 6 rings (SSSR count). The largest absolute Gasteiger partial charge is 0.362 e. The van der Waals surface area contributed by atoms with Crippen LogP contribution in [-0.2, 0) is 14.3 Å². The molecule has 4 atom stereocenters. The van der Waals surface area contributed by atoms with Crippen molar-refractivity contribution < 1.29 is 19.1 Å². The molecule has 2 bridgehead atoms. The first kappa shape index (κ1) is 19.8. The number of ether oxygens (including phenoxy) is 1. The Morgan fingerprint density at radius 3 is 2.66 bits per heavy atom. The molecule has 32 heavy (non-hydrogen) atoms. The summed E-state index contributed by atoms with van der Waals surface area (Å²) in [5.41, 5.74) is 0.259. The molecule has 168 valence electrons. The van der Waals surface area contributed by atoms with E-state index >= 15 is 0 Å². The first-order valence-electron chi connectivity index (χ1n) is 11.5. The molecular weight excluding hydrogens is 408 g/mol. The van der Waals surface area contributed by atoms with E-state index in [1.807, 2.05) is 54.0 Å². The van der Waals surface area contributed by atoms with Crippen LogP contribution in [0.15, 0.2) is 36.4 Å². The molecule has 0 aliphatic carbocycles. The van der Waals surface area contributed by atoms with Gasteiger partial charge in [-0.15, -0.1) is 0 Å². The quantitative estimate of drug-likeness (QED) is 0.683. The van der Waals surface area contributed by atoms with Crippen LogP contribution < -0.4 is 10.6 Å². The van der Waals surface area contributed by atoms with Crippen molar-refractivity contribution in [2.24, 2.45) is 11.8 Å². The second kappa shape index (κ2) is 6.57. The third-order valence-corrected chi connectivity index (χ3v) is 7.87. The topological polar surface area (TPSA) is 91.0 Å². The second-order valence-corrected chi connectivity index (χ2v) is 9.99. The number of para-hydroxylation sites is 1. The third-order valence-electron chi connectivity index (χ3n) is 7.87. The van der Waals surface area contributed by atoms with Crippen LogP contribution >= 0.6 is 0 Å². The highest BCUT2D eigenvalue weighted by Crippen LogP contribution is 2.52. The van der Waals surface area contributed by atoms with Crippen LogP contribution in [-0.4, -0.2) is 70.6 Å². The van der Waals surface area contributed by atoms with Crippen molar-refractivity contribution in [3.8, 4) is 0 Å². The molecule has 1 aromatic rings. The number of rotatable bonds is 2. The van der Waals surface area contributed by atoms with Crippen molar-refractivity contribution in [2.75, 3.05) is 25.0 Å². The number of fused-ring (bicyclic) bond motifs is 2. The zero-order valence-corrected chi connectivity index (χ0v) is 18.3. The SMILES string of the molecule is CC(C)N1C[C@@]23C=C[C@@H](O2)[C@@H](C(=O)N2CCC4(CC2)NC(=O)c2ccccc2N4)[C@H]3C1=O. The van der Waals surface area contributed by atoms with E-state index < -0.39 is 23.1 Å². The summed E-state index contributed by atoms with van der Waals surface area (Å²) in [5.74, 6) is -0.986. The highest BCUT2D eigenvalue weighted by molar-refractivity contribution is 6.02. The van der Waals surface area contributed by atoms with Gasteiger partial charge < -0.3 is 25.2 Å². The monoisotopic (exact) mass is 436 g/mol. The fourth-order valence-electron chi connectivity index (χ4n) is 6.18. The van der Waals surface area contributed by atoms with Crippen molar-refractivity contribution in [3.05, 3.63) is 42.0 Å². The summed E-state index contributed by atoms with van der Waals surface area (Å²) in [4.78, 5) is 43.1. The van der Waals surface area contributed by atoms with E-state index in [9.17, 15) is 14.4 Å². The maximum absolute atomic E-state index is 13.6. The van der Waals surface area contributed by atoms with E-state index in [0.717, 1.165) is 5.69 Å². The maximum atomic E-state index is 13.6. The summed E-state index contributed by atoms with van der Waals surface area (Å²) in [6.07, 6.45) is 4.84. The highest BCUT2D eigenvalue weighted by Gasteiger charge is 2.67. The fraction of sp³-hybridized carbons (Fsp3) is 0.542. The molecule has 3 fully saturated rings. The van der Waals surface area contributed by atoms with Crippen LogP contribution in [0.4, 0.5) is 5.69 Å². The minimum Gasteiger partial charge on any atom is -0.362 e. The molecule has 3 saturated heterocycles. The average Bonchev–Trinajstić information content (AvgIpc) is 3.42. The Bertz CT molecular complexity index is 1040. The molecule has 0 radical (unpaired) electrons. The van der Waals surface area contributed by atoms with E-state index in [-0.39, 0.29) is 29.9 Å². The Kier molecular flexibility index (Phi) is 4.06. The smallest absolute Gasteiger partial charge is 0.255 e. The van der Waals surface area contributed by atoms with Gasteiger partial charge in [0.15, 0.2) is 0 Å². The molecule has 8 nitrogen and oxygen atoms in total. The predicted molar refractivity (Wildman–Crippen MR) is 117 cm³/mol. The molecule has 3 amide bonds. The van der Waals surface area contributed by atoms with E-state index in [2.05, 4.69) is 10.6 Å². The van der Waals surface area contributed by atoms with Crippen molar-refractivity contribution >= 4 is 23.4 Å². The van der Waals surface area contributed by atoms with Gasteiger partial charge in [0.1, 0.15) is 11.3 Å². The Labute approximate surface area is 186 Å². The molecule has 0 unspecified atom stereocenters. The average molecular weight is 437 g/mol. The van der Waals surface area contributed by atoms with Gasteiger partial charge in [0.25, 0.3) is 5.91 Å². The molecule has 5 aliphatic heterocycles. The van der Waals surface area contributed by atoms with E-state index in [0.29, 0.717) is 38.0 Å². The first-order chi connectivity index (χ1) is 15.3. The fourth-order valence-corrected chi connectivity index (χ4v) is 6.18. The van der Waals surface area contributed by atoms with Crippen LogP contribution in [0.1, 0.15) is 37.0 Å². The number of hydrogen-bond acceptors (Lipinski definition) is 5. The number of carbonyl (C=O) groups is 3. The summed E-state index contributed by atoms with van der Waals surface area (Å²) < 4.78 is 6.23. The highest BCUT2D eigenvalue weighted by atomic mass is 16.5. The van der Waals surface area contributed by atoms with Gasteiger partial charge in [0, 0.05) is 37.7 Å². The Balaban J connectivity index is 1.19. The van der Waals surface area contributed by atoms with Gasteiger partial charge in [-0.05, 0) is 26.0 Å². The molecule has 5 aliphatic rings. The van der Waals surface area contributed by atoms with E-state index in [4.69, 9.17) is 4.74 Å². The summed E-state index contributed by atoms with van der Waals surface area (Å²) in [5, 5.41) is 6.61. The number of carbonyl (C=O) groups excluding carboxylic acids is 3. The van der Waals surface area contributed by atoms with Crippen molar-refractivity contribution in [3.63, 3.8) is 0 Å². The summed E-state index contributed by atoms with van der Waals surface area (Å²) in [6, 6.07) is 7.56. The Hall–Kier alpha value is -2.87. The number of likely N-dealkylation sites (tertiary alicyclic amines) is 2. The van der Waals surface area contributed by atoms with Crippen LogP contribution in [0.3, 0.4) is 0 Å². The molecule has 2 N–H and O–H groups in total. The number of nitrogens with zero attached hydrogens (tertiary/aromatic N) is 2. The van der Waals surface area contributed by atoms with Gasteiger partial charge in [-0.1, -0.05) is 24.3 Å². The van der Waals surface area contributed by atoms with Gasteiger partial charge in [0.2, 0.25) is 11.8 Å². The van der Waals surface area contributed by atoms with Crippen LogP contribution in [0, 0.1) is 11.8 Å². The maximum Gasteiger partial charge on any atom is 0.255 e. The predicted octanol–water partition coefficient (Wildman–Crippen LogP) is 1.35. The molecule has 2 spiro atoms. The molecule has 1 aromatic carbocycles. The second-order valence-electron chi connectivity index (χ2n) is 9.99. The third kappa shape index (κ3) is 2.62. The standard InChI is InChI=1S/C24H28N4O4/c1-14(2)28-13-23-8-7-17(32-23)18(19(23)22(28)31)21(30)27-11-9-24(10-12-27)25-16-6-4-3-5-15(16)20(29)26-24/h3-8,14,17-19,25H,9-13H2,1-2H3,(H,26,29)/t17-,18-,19+,23-/m1/s1. The lowest BCUT2D eigenvalue weighted by atomic mass is 9.76. The summed E-state index contributed by atoms with van der Waals surface area (Å²) in [6.45, 7) is 5.54. The molecule has 8 heteroatoms. The molecule has 0 aromatic heterocycles. The normalized spacial score (nSPS) is 34.0. The van der Waals surface area contributed by atoms with Crippen molar-refractivity contribution in [1.82, 2.24) is 15.1 Å². The summed E-state index contributed by atoms with van der Waals surface area (Å²) in [7, 11) is 0. The molecule has 5 heterocycles. The minimum atomic E-state index is -0.661. The van der Waals surface area contributed by atoms with Crippen molar-refractivity contribution in [2.45, 2.75) is 50.1 Å². The minimum absolute atomic E-state index is 0.0115. The lowest BCUT2D eigenvalue weighted by Gasteiger charge is -2.46. The van der Waals surface area contributed by atoms with Gasteiger partial charge >= 0.3 is 0 Å². The van der Waals surface area contributed by atoms with Crippen LogP contribution in [0.25, 0.3) is 0 Å². The zero-order valence-electron chi connectivity index (χ0n) is 18.3. The first-order valence-corrected chi connectivity index (χ1v) is 11.5. The Morgan fingerprint density at radius 2 is 1.91 bits per heavy atom. The zero-order chi connectivity index (χ0) is 22.3. The lowest BCUT2D eigenvalue weighted by Crippen LogP contribution is -2.63. The Morgan fingerprint density at radius 1 is 1.16 bits per heavy atom. The van der Waals surface area contributed by atoms with Gasteiger partial charge in [-0.2, -0.15) is 0 Å². The molecular formula is C24H28N4O4. The van der Waals surface area contributed by atoms with Gasteiger partial charge in [-0.3, -0.25) is 14.4 Å². The number of anilines is 1. The number of hydrogen-bond donors (Lipinski definition) is 2. The van der Waals surface area contributed by atoms with Crippen molar-refractivity contribution in [1.29, 1.82) is 0 Å². The number of piperidine rings is 1. The molecule has 0 saturated carbocycles. The number of amides is 3. The van der Waals surface area contributed by atoms with E-state index in [1.165, 1.54) is 0 Å². The van der Waals surface area contributed by atoms with E-state index in [1.54, 1.807) is 6.07 Å². The van der Waals surface area contributed by atoms with Gasteiger partial charge in [-0.25, -0.2) is 0 Å². The lowest BCUT2D eigenvalue weighted by molar-refractivity contribution is -0.144. The summed E-state index contributed by atoms with van der Waals surface area (Å²) >= 11 is 0. The van der Waals surface area contributed by atoms with Gasteiger partial charge in [0.05, 0.1) is 30.0 Å². The number of benzene rings is 1. The number of nitrogens with one attached hydrogen (secondary N) is 2. The van der Waals surface area contributed by atoms with Crippen LogP contribution in [0.5, 0.6) is 0 Å².